The number of rotatable bonds is 5. The number of amides is 1. The first kappa shape index (κ1) is 15.8. The first-order valence-electron chi connectivity index (χ1n) is 6.83. The smallest absolute Gasteiger partial charge is 0.359 e. The van der Waals surface area contributed by atoms with Crippen LogP contribution < -0.4 is 10.1 Å². The van der Waals surface area contributed by atoms with Gasteiger partial charge >= 0.3 is 5.97 Å². The van der Waals surface area contributed by atoms with Crippen molar-refractivity contribution in [2.45, 2.75) is 0 Å². The molecule has 0 fully saturated rings. The Morgan fingerprint density at radius 3 is 2.92 bits per heavy atom. The molecule has 0 bridgehead atoms. The summed E-state index contributed by atoms with van der Waals surface area (Å²) in [6.07, 6.45) is 4.07. The number of aromatic nitrogens is 3. The van der Waals surface area contributed by atoms with E-state index < -0.39 is 18.5 Å². The number of carbonyl (C=O) groups excluding carboxylic acids is 2. The predicted molar refractivity (Wildman–Crippen MR) is 87.1 cm³/mol. The van der Waals surface area contributed by atoms with Gasteiger partial charge in [0.15, 0.2) is 17.4 Å². The largest absolute Gasteiger partial charge is 0.497 e. The molecule has 1 N–H and O–H groups in total. The molecule has 2 heterocycles. The minimum absolute atomic E-state index is 0.0392. The summed E-state index contributed by atoms with van der Waals surface area (Å²) >= 11 is 1.30. The lowest BCUT2D eigenvalue weighted by atomic mass is 10.3. The zero-order valence-corrected chi connectivity index (χ0v) is 13.4. The first-order chi connectivity index (χ1) is 11.7. The summed E-state index contributed by atoms with van der Waals surface area (Å²) < 4.78 is 10.9. The average Bonchev–Trinajstić information content (AvgIpc) is 3.01. The van der Waals surface area contributed by atoms with Crippen LogP contribution in [0.25, 0.3) is 10.2 Å². The highest BCUT2D eigenvalue weighted by atomic mass is 32.1. The maximum atomic E-state index is 11.9. The van der Waals surface area contributed by atoms with E-state index in [9.17, 15) is 9.59 Å². The lowest BCUT2D eigenvalue weighted by Crippen LogP contribution is -2.21. The molecule has 3 aromatic rings. The molecule has 0 aliphatic carbocycles. The Morgan fingerprint density at radius 1 is 1.29 bits per heavy atom. The summed E-state index contributed by atoms with van der Waals surface area (Å²) in [5.74, 6) is -0.493. The van der Waals surface area contributed by atoms with Crippen molar-refractivity contribution in [1.29, 1.82) is 0 Å². The summed E-state index contributed by atoms with van der Waals surface area (Å²) in [5.41, 5.74) is 0.782. The second-order valence-electron chi connectivity index (χ2n) is 4.57. The van der Waals surface area contributed by atoms with Crippen LogP contribution in [0, 0.1) is 0 Å². The molecule has 0 saturated carbocycles. The molecule has 122 valence electrons. The molecule has 0 spiro atoms. The van der Waals surface area contributed by atoms with Gasteiger partial charge in [-0.3, -0.25) is 15.1 Å². The predicted octanol–water partition coefficient (Wildman–Crippen LogP) is 1.89. The number of nitrogens with zero attached hydrogens (tertiary/aromatic N) is 3. The van der Waals surface area contributed by atoms with E-state index in [-0.39, 0.29) is 5.69 Å². The Kier molecular flexibility index (Phi) is 4.62. The van der Waals surface area contributed by atoms with Gasteiger partial charge in [-0.1, -0.05) is 11.3 Å². The molecular formula is C15H12N4O4S. The van der Waals surface area contributed by atoms with Gasteiger partial charge in [0, 0.05) is 12.4 Å². The van der Waals surface area contributed by atoms with Crippen LogP contribution in [0.4, 0.5) is 5.13 Å². The summed E-state index contributed by atoms with van der Waals surface area (Å²) in [5, 5.41) is 3.01. The van der Waals surface area contributed by atoms with Crippen molar-refractivity contribution in [3.63, 3.8) is 0 Å². The molecule has 1 aromatic carbocycles. The number of methoxy groups -OCH3 is 1. The summed E-state index contributed by atoms with van der Waals surface area (Å²) in [6.45, 7) is -0.436. The first-order valence-corrected chi connectivity index (χ1v) is 7.65. The fraction of sp³-hybridized carbons (Fsp3) is 0.133. The number of ether oxygens (including phenoxy) is 2. The molecule has 0 saturated heterocycles. The Labute approximate surface area is 140 Å². The summed E-state index contributed by atoms with van der Waals surface area (Å²) in [6, 6.07) is 5.42. The van der Waals surface area contributed by atoms with Crippen molar-refractivity contribution in [3.05, 3.63) is 42.5 Å². The van der Waals surface area contributed by atoms with Gasteiger partial charge < -0.3 is 9.47 Å². The van der Waals surface area contributed by atoms with Gasteiger partial charge in [0.25, 0.3) is 5.91 Å². The lowest BCUT2D eigenvalue weighted by molar-refractivity contribution is -0.119. The number of esters is 1. The monoisotopic (exact) mass is 344 g/mol. The molecule has 0 aliphatic rings. The van der Waals surface area contributed by atoms with E-state index in [1.165, 1.54) is 29.9 Å². The molecule has 2 aromatic heterocycles. The minimum Gasteiger partial charge on any atom is -0.497 e. The van der Waals surface area contributed by atoms with E-state index >= 15 is 0 Å². The molecule has 3 rings (SSSR count). The van der Waals surface area contributed by atoms with E-state index in [1.54, 1.807) is 19.2 Å². The second kappa shape index (κ2) is 7.01. The lowest BCUT2D eigenvalue weighted by Gasteiger charge is -2.03. The fourth-order valence-electron chi connectivity index (χ4n) is 1.85. The van der Waals surface area contributed by atoms with Crippen LogP contribution >= 0.6 is 11.3 Å². The Hall–Kier alpha value is -3.07. The number of anilines is 1. The molecule has 9 heteroatoms. The maximum absolute atomic E-state index is 11.9. The highest BCUT2D eigenvalue weighted by molar-refractivity contribution is 7.22. The van der Waals surface area contributed by atoms with Gasteiger partial charge in [0.2, 0.25) is 0 Å². The Bertz CT molecular complexity index is 882. The van der Waals surface area contributed by atoms with E-state index in [4.69, 9.17) is 9.47 Å². The van der Waals surface area contributed by atoms with Crippen molar-refractivity contribution in [2.75, 3.05) is 19.0 Å². The molecule has 1 amide bonds. The normalized spacial score (nSPS) is 10.4. The van der Waals surface area contributed by atoms with Crippen LogP contribution in [-0.2, 0) is 9.53 Å². The molecule has 24 heavy (non-hydrogen) atoms. The number of nitrogens with one attached hydrogen (secondary N) is 1. The quantitative estimate of drug-likeness (QED) is 0.705. The van der Waals surface area contributed by atoms with Crippen molar-refractivity contribution < 1.29 is 19.1 Å². The highest BCUT2D eigenvalue weighted by Gasteiger charge is 2.13. The molecular weight excluding hydrogens is 332 g/mol. The third kappa shape index (κ3) is 3.63. The fourth-order valence-corrected chi connectivity index (χ4v) is 2.76. The van der Waals surface area contributed by atoms with Crippen LogP contribution in [0.15, 0.2) is 36.8 Å². The summed E-state index contributed by atoms with van der Waals surface area (Å²) in [7, 11) is 1.58. The average molecular weight is 344 g/mol. The third-order valence-electron chi connectivity index (χ3n) is 2.95. The molecule has 0 aliphatic heterocycles. The van der Waals surface area contributed by atoms with Gasteiger partial charge in [-0.15, -0.1) is 0 Å². The summed E-state index contributed by atoms with van der Waals surface area (Å²) in [4.78, 5) is 35.4. The Morgan fingerprint density at radius 2 is 2.17 bits per heavy atom. The number of carbonyl (C=O) groups is 2. The van der Waals surface area contributed by atoms with Crippen LogP contribution in [0.1, 0.15) is 10.5 Å². The van der Waals surface area contributed by atoms with E-state index in [0.29, 0.717) is 10.9 Å². The molecule has 0 radical (unpaired) electrons. The topological polar surface area (TPSA) is 103 Å². The van der Waals surface area contributed by atoms with E-state index in [1.807, 2.05) is 6.07 Å². The number of benzene rings is 1. The zero-order valence-electron chi connectivity index (χ0n) is 12.6. The van der Waals surface area contributed by atoms with Crippen LogP contribution in [0.5, 0.6) is 5.75 Å². The number of hydrogen-bond acceptors (Lipinski definition) is 8. The second-order valence-corrected chi connectivity index (χ2v) is 5.60. The van der Waals surface area contributed by atoms with Crippen molar-refractivity contribution in [2.24, 2.45) is 0 Å². The van der Waals surface area contributed by atoms with E-state index in [2.05, 4.69) is 20.3 Å². The van der Waals surface area contributed by atoms with E-state index in [0.717, 1.165) is 10.2 Å². The standard InChI is InChI=1S/C15H12N4O4S/c1-22-9-2-3-10-12(6-9)24-15(18-10)19-13(20)8-23-14(21)11-7-16-4-5-17-11/h2-7H,8H2,1H3,(H,18,19,20). The van der Waals surface area contributed by atoms with Gasteiger partial charge in [-0.25, -0.2) is 14.8 Å². The van der Waals surface area contributed by atoms with Crippen molar-refractivity contribution in [1.82, 2.24) is 15.0 Å². The molecule has 0 unspecified atom stereocenters. The van der Waals surface area contributed by atoms with Crippen LogP contribution in [-0.4, -0.2) is 40.5 Å². The molecule has 8 nitrogen and oxygen atoms in total. The number of thiazole rings is 1. The van der Waals surface area contributed by atoms with Gasteiger partial charge in [0.1, 0.15) is 5.75 Å². The van der Waals surface area contributed by atoms with Crippen LogP contribution in [0.2, 0.25) is 0 Å². The van der Waals surface area contributed by atoms with Crippen molar-refractivity contribution in [3.8, 4) is 5.75 Å². The number of fused-ring (bicyclic) bond motifs is 1. The minimum atomic E-state index is -0.715. The van der Waals surface area contributed by atoms with Crippen molar-refractivity contribution >= 4 is 38.6 Å². The van der Waals surface area contributed by atoms with Gasteiger partial charge in [-0.05, 0) is 18.2 Å². The van der Waals surface area contributed by atoms with Crippen LogP contribution in [0.3, 0.4) is 0 Å². The molecule has 0 atom stereocenters. The zero-order chi connectivity index (χ0) is 16.9. The maximum Gasteiger partial charge on any atom is 0.359 e. The number of hydrogen-bond donors (Lipinski definition) is 1. The third-order valence-corrected chi connectivity index (χ3v) is 3.88. The van der Waals surface area contributed by atoms with Gasteiger partial charge in [-0.2, -0.15) is 0 Å². The Balaban J connectivity index is 1.59. The van der Waals surface area contributed by atoms with Gasteiger partial charge in [0.05, 0.1) is 23.5 Å². The SMILES string of the molecule is COc1ccc2nc(NC(=O)COC(=O)c3cnccn3)sc2c1. The highest BCUT2D eigenvalue weighted by Crippen LogP contribution is 2.29.